The maximum Gasteiger partial charge on any atom is 0.137 e. The van der Waals surface area contributed by atoms with Crippen LogP contribution in [0.4, 0.5) is 0 Å². The fourth-order valence-electron chi connectivity index (χ4n) is 2.23. The number of nitrogens with one attached hydrogen (secondary N) is 2. The van der Waals surface area contributed by atoms with E-state index in [1.54, 1.807) is 11.0 Å². The second kappa shape index (κ2) is 5.24. The number of hydrogen-bond donors (Lipinski definition) is 2. The zero-order valence-corrected chi connectivity index (χ0v) is 10.4. The summed E-state index contributed by atoms with van der Waals surface area (Å²) in [5, 5.41) is 7.76. The highest BCUT2D eigenvalue weighted by Crippen LogP contribution is 2.20. The van der Waals surface area contributed by atoms with Crippen LogP contribution in [0.5, 0.6) is 0 Å². The number of hydrogen-bond acceptors (Lipinski definition) is 3. The predicted molar refractivity (Wildman–Crippen MR) is 75.1 cm³/mol. The standard InChI is InChI=1S/C14H17N5/c1-15-5-4-12-7-17-14-3-2-11(6-13(12)14)8-19-10-16-9-18-19/h2-3,6-7,9-10,15,17H,4-5,8H2,1H3/i1D3. The van der Waals surface area contributed by atoms with Crippen LogP contribution in [0.2, 0.25) is 0 Å². The number of aromatic nitrogens is 4. The van der Waals surface area contributed by atoms with Gasteiger partial charge in [0.25, 0.3) is 0 Å². The normalized spacial score (nSPS) is 14.2. The molecule has 0 bridgehead atoms. The zero-order chi connectivity index (χ0) is 15.6. The Kier molecular flexibility index (Phi) is 2.45. The lowest BCUT2D eigenvalue weighted by molar-refractivity contribution is 0.685. The molecule has 1 aromatic carbocycles. The summed E-state index contributed by atoms with van der Waals surface area (Å²) in [4.78, 5) is 7.15. The average molecular weight is 258 g/mol. The number of fused-ring (bicyclic) bond motifs is 1. The van der Waals surface area contributed by atoms with Crippen molar-refractivity contribution >= 4 is 10.9 Å². The van der Waals surface area contributed by atoms with Crippen molar-refractivity contribution in [1.29, 1.82) is 0 Å². The van der Waals surface area contributed by atoms with Crippen molar-refractivity contribution in [3.05, 3.63) is 48.2 Å². The van der Waals surface area contributed by atoms with E-state index in [0.29, 0.717) is 19.5 Å². The second-order valence-electron chi connectivity index (χ2n) is 4.46. The third-order valence-corrected chi connectivity index (χ3v) is 3.16. The van der Waals surface area contributed by atoms with Gasteiger partial charge >= 0.3 is 0 Å². The molecule has 0 spiro atoms. The maximum absolute atomic E-state index is 7.17. The van der Waals surface area contributed by atoms with Crippen molar-refractivity contribution in [2.24, 2.45) is 0 Å². The Morgan fingerprint density at radius 1 is 1.47 bits per heavy atom. The molecule has 0 atom stereocenters. The fraction of sp³-hybridized carbons (Fsp3) is 0.286. The number of benzene rings is 1. The molecular formula is C14H17N5. The van der Waals surface area contributed by atoms with Crippen LogP contribution in [0.3, 0.4) is 0 Å². The van der Waals surface area contributed by atoms with Crippen LogP contribution < -0.4 is 5.32 Å². The second-order valence-corrected chi connectivity index (χ2v) is 4.46. The van der Waals surface area contributed by atoms with Gasteiger partial charge in [-0.1, -0.05) is 6.07 Å². The van der Waals surface area contributed by atoms with Crippen LogP contribution in [0.25, 0.3) is 10.9 Å². The molecule has 3 rings (SSSR count). The summed E-state index contributed by atoms with van der Waals surface area (Å²) >= 11 is 0. The Hall–Kier alpha value is -2.14. The number of aromatic amines is 1. The SMILES string of the molecule is [2H]C([2H])([2H])NCCc1c[nH]c2ccc(Cn3cncn3)cc12. The van der Waals surface area contributed by atoms with Crippen LogP contribution in [-0.4, -0.2) is 33.3 Å². The summed E-state index contributed by atoms with van der Waals surface area (Å²) in [7, 11) is 0. The zero-order valence-electron chi connectivity index (χ0n) is 13.4. The third kappa shape index (κ3) is 2.51. The number of likely N-dealkylation sites (N-methyl/N-ethyl adjacent to an activating group) is 1. The largest absolute Gasteiger partial charge is 0.361 e. The molecule has 0 amide bonds. The van der Waals surface area contributed by atoms with Crippen LogP contribution in [0, 0.1) is 0 Å². The van der Waals surface area contributed by atoms with Crippen LogP contribution in [-0.2, 0) is 13.0 Å². The molecule has 0 aliphatic rings. The van der Waals surface area contributed by atoms with E-state index in [1.165, 1.54) is 6.33 Å². The van der Waals surface area contributed by atoms with Gasteiger partial charge < -0.3 is 10.3 Å². The minimum Gasteiger partial charge on any atom is -0.361 e. The smallest absolute Gasteiger partial charge is 0.137 e. The van der Waals surface area contributed by atoms with Gasteiger partial charge in [-0.05, 0) is 43.2 Å². The lowest BCUT2D eigenvalue weighted by Gasteiger charge is -2.03. The molecule has 0 saturated carbocycles. The summed E-state index contributed by atoms with van der Waals surface area (Å²) < 4.78 is 23.3. The van der Waals surface area contributed by atoms with Crippen LogP contribution >= 0.6 is 0 Å². The van der Waals surface area contributed by atoms with E-state index in [4.69, 9.17) is 4.11 Å². The molecule has 5 heteroatoms. The summed E-state index contributed by atoms with van der Waals surface area (Å²) in [5.74, 6) is 0. The Bertz CT molecular complexity index is 746. The Labute approximate surface area is 115 Å². The predicted octanol–water partition coefficient (Wildman–Crippen LogP) is 1.57. The van der Waals surface area contributed by atoms with Crippen molar-refractivity contribution in [2.75, 3.05) is 13.5 Å². The van der Waals surface area contributed by atoms with Gasteiger partial charge in [-0.3, -0.25) is 0 Å². The van der Waals surface area contributed by atoms with Crippen molar-refractivity contribution in [2.45, 2.75) is 13.0 Å². The molecule has 0 saturated heterocycles. The van der Waals surface area contributed by atoms with E-state index in [1.807, 2.05) is 18.3 Å². The topological polar surface area (TPSA) is 58.5 Å². The van der Waals surface area contributed by atoms with E-state index >= 15 is 0 Å². The number of nitrogens with zero attached hydrogens (tertiary/aromatic N) is 3. The Morgan fingerprint density at radius 3 is 3.32 bits per heavy atom. The van der Waals surface area contributed by atoms with Gasteiger partial charge in [-0.2, -0.15) is 5.10 Å². The van der Waals surface area contributed by atoms with E-state index in [9.17, 15) is 0 Å². The molecule has 0 unspecified atom stereocenters. The lowest BCUT2D eigenvalue weighted by atomic mass is 10.1. The molecule has 3 aromatic rings. The van der Waals surface area contributed by atoms with Gasteiger partial charge in [0.2, 0.25) is 0 Å². The van der Waals surface area contributed by atoms with Gasteiger partial charge in [-0.15, -0.1) is 0 Å². The first-order valence-corrected chi connectivity index (χ1v) is 6.18. The van der Waals surface area contributed by atoms with E-state index in [0.717, 1.165) is 22.0 Å². The van der Waals surface area contributed by atoms with Crippen molar-refractivity contribution in [3.8, 4) is 0 Å². The fourth-order valence-corrected chi connectivity index (χ4v) is 2.23. The minimum atomic E-state index is -2.09. The molecule has 2 heterocycles. The van der Waals surface area contributed by atoms with Crippen molar-refractivity contribution in [3.63, 3.8) is 0 Å². The van der Waals surface area contributed by atoms with E-state index < -0.39 is 6.98 Å². The van der Waals surface area contributed by atoms with E-state index in [-0.39, 0.29) is 0 Å². The first-order valence-electron chi connectivity index (χ1n) is 7.68. The monoisotopic (exact) mass is 258 g/mol. The van der Waals surface area contributed by atoms with Gasteiger partial charge in [0.05, 0.1) is 6.54 Å². The molecule has 0 radical (unpaired) electrons. The van der Waals surface area contributed by atoms with Gasteiger partial charge in [0.1, 0.15) is 12.7 Å². The first kappa shape index (κ1) is 8.87. The molecule has 2 N–H and O–H groups in total. The van der Waals surface area contributed by atoms with Crippen molar-refractivity contribution in [1.82, 2.24) is 25.1 Å². The Balaban J connectivity index is 1.76. The highest BCUT2D eigenvalue weighted by molar-refractivity contribution is 5.83. The molecule has 0 aliphatic heterocycles. The summed E-state index contributed by atoms with van der Waals surface area (Å²) in [6.45, 7) is -1.02. The lowest BCUT2D eigenvalue weighted by Crippen LogP contribution is -2.09. The summed E-state index contributed by atoms with van der Waals surface area (Å²) in [5.41, 5.74) is 3.28. The average Bonchev–Trinajstić information content (AvgIpc) is 3.08. The number of rotatable bonds is 5. The van der Waals surface area contributed by atoms with Gasteiger partial charge in [0, 0.05) is 21.2 Å². The molecule has 19 heavy (non-hydrogen) atoms. The molecule has 2 aromatic heterocycles. The summed E-state index contributed by atoms with van der Waals surface area (Å²) in [6.07, 6.45) is 5.79. The quantitative estimate of drug-likeness (QED) is 0.730. The van der Waals surface area contributed by atoms with E-state index in [2.05, 4.69) is 26.4 Å². The highest BCUT2D eigenvalue weighted by atomic mass is 15.3. The molecule has 0 fully saturated rings. The van der Waals surface area contributed by atoms with Gasteiger partial charge in [-0.25, -0.2) is 9.67 Å². The van der Waals surface area contributed by atoms with Crippen LogP contribution in [0.1, 0.15) is 15.2 Å². The van der Waals surface area contributed by atoms with Crippen molar-refractivity contribution < 1.29 is 4.11 Å². The minimum absolute atomic E-state index is 0.413. The first-order chi connectivity index (χ1) is 10.5. The third-order valence-electron chi connectivity index (χ3n) is 3.16. The molecule has 98 valence electrons. The van der Waals surface area contributed by atoms with Gasteiger partial charge in [0.15, 0.2) is 0 Å². The molecule has 5 nitrogen and oxygen atoms in total. The summed E-state index contributed by atoms with van der Waals surface area (Å²) in [6, 6.07) is 6.19. The molecule has 0 aliphatic carbocycles. The number of H-pyrrole nitrogens is 1. The molecular weight excluding hydrogens is 238 g/mol. The highest BCUT2D eigenvalue weighted by Gasteiger charge is 2.05. The maximum atomic E-state index is 7.17. The van der Waals surface area contributed by atoms with Crippen LogP contribution in [0.15, 0.2) is 37.1 Å². The Morgan fingerprint density at radius 2 is 2.47 bits per heavy atom.